The van der Waals surface area contributed by atoms with Crippen LogP contribution in [-0.2, 0) is 26.2 Å². The third kappa shape index (κ3) is 3.22. The van der Waals surface area contributed by atoms with Crippen molar-refractivity contribution in [1.29, 1.82) is 0 Å². The molecule has 2 heterocycles. The van der Waals surface area contributed by atoms with Gasteiger partial charge in [0, 0.05) is 37.8 Å². The number of fused-ring (bicyclic) bond motifs is 1. The molecule has 4 rings (SSSR count). The topological polar surface area (TPSA) is 69.7 Å². The van der Waals surface area contributed by atoms with Gasteiger partial charge < -0.3 is 15.1 Å². The number of nitrogens with one attached hydrogen (secondary N) is 1. The molecular weight excluding hydrogens is 342 g/mol. The van der Waals surface area contributed by atoms with Crippen LogP contribution in [0.4, 0.5) is 5.69 Å². The molecular formula is C21H27N3O3. The molecule has 144 valence electrons. The first kappa shape index (κ1) is 18.0. The molecule has 1 saturated heterocycles. The highest BCUT2D eigenvalue weighted by molar-refractivity contribution is 6.05. The zero-order chi connectivity index (χ0) is 19.2. The van der Waals surface area contributed by atoms with Crippen LogP contribution in [0.5, 0.6) is 0 Å². The SMILES string of the molecule is CC1(C)C(=O)Nc2ccc(CC(=O)N3CCN(C(=O)C4CCC4)CC3)cc21. The Bertz CT molecular complexity index is 790. The number of benzene rings is 1. The summed E-state index contributed by atoms with van der Waals surface area (Å²) in [4.78, 5) is 40.9. The van der Waals surface area contributed by atoms with Gasteiger partial charge in [0.2, 0.25) is 17.7 Å². The summed E-state index contributed by atoms with van der Waals surface area (Å²) in [5.74, 6) is 0.568. The van der Waals surface area contributed by atoms with E-state index in [1.807, 2.05) is 41.8 Å². The average Bonchev–Trinajstić information content (AvgIpc) is 2.83. The van der Waals surface area contributed by atoms with Gasteiger partial charge >= 0.3 is 0 Å². The first-order chi connectivity index (χ1) is 12.9. The van der Waals surface area contributed by atoms with E-state index in [1.165, 1.54) is 0 Å². The van der Waals surface area contributed by atoms with Crippen LogP contribution in [0.1, 0.15) is 44.2 Å². The Morgan fingerprint density at radius 2 is 1.78 bits per heavy atom. The zero-order valence-electron chi connectivity index (χ0n) is 16.1. The normalized spacial score (nSPS) is 21.5. The number of carbonyl (C=O) groups is 3. The van der Waals surface area contributed by atoms with Crippen LogP contribution < -0.4 is 5.32 Å². The van der Waals surface area contributed by atoms with Crippen molar-refractivity contribution in [2.24, 2.45) is 5.92 Å². The van der Waals surface area contributed by atoms with Gasteiger partial charge in [-0.25, -0.2) is 0 Å². The molecule has 0 spiro atoms. The van der Waals surface area contributed by atoms with Crippen molar-refractivity contribution < 1.29 is 14.4 Å². The maximum Gasteiger partial charge on any atom is 0.234 e. The van der Waals surface area contributed by atoms with Gasteiger partial charge in [0.25, 0.3) is 0 Å². The minimum atomic E-state index is -0.568. The number of anilines is 1. The van der Waals surface area contributed by atoms with E-state index in [0.717, 1.165) is 36.1 Å². The highest BCUT2D eigenvalue weighted by Gasteiger charge is 2.38. The van der Waals surface area contributed by atoms with Gasteiger partial charge in [0.05, 0.1) is 11.8 Å². The van der Waals surface area contributed by atoms with Crippen LogP contribution in [0.15, 0.2) is 18.2 Å². The van der Waals surface area contributed by atoms with E-state index in [4.69, 9.17) is 0 Å². The standard InChI is InChI=1S/C21H27N3O3/c1-21(2)16-12-14(6-7-17(16)22-20(21)27)13-18(25)23-8-10-24(11-9-23)19(26)15-4-3-5-15/h6-7,12,15H,3-5,8-11,13H2,1-2H3,(H,22,27). The molecule has 3 amide bonds. The second-order valence-corrected chi connectivity index (χ2v) is 8.47. The Morgan fingerprint density at radius 3 is 2.41 bits per heavy atom. The van der Waals surface area contributed by atoms with Crippen LogP contribution in [0, 0.1) is 5.92 Å². The number of hydrogen-bond donors (Lipinski definition) is 1. The number of hydrogen-bond acceptors (Lipinski definition) is 3. The van der Waals surface area contributed by atoms with Crippen LogP contribution >= 0.6 is 0 Å². The number of rotatable bonds is 3. The molecule has 0 atom stereocenters. The highest BCUT2D eigenvalue weighted by Crippen LogP contribution is 2.37. The molecule has 3 aliphatic rings. The molecule has 0 radical (unpaired) electrons. The largest absolute Gasteiger partial charge is 0.339 e. The average molecular weight is 369 g/mol. The number of nitrogens with zero attached hydrogens (tertiary/aromatic N) is 2. The molecule has 2 fully saturated rings. The predicted octanol–water partition coefficient (Wildman–Crippen LogP) is 1.93. The van der Waals surface area contributed by atoms with Gasteiger partial charge in [0.1, 0.15) is 0 Å². The van der Waals surface area contributed by atoms with Crippen LogP contribution in [0.2, 0.25) is 0 Å². The number of carbonyl (C=O) groups excluding carboxylic acids is 3. The van der Waals surface area contributed by atoms with Gasteiger partial charge in [-0.2, -0.15) is 0 Å². The summed E-state index contributed by atoms with van der Waals surface area (Å²) in [6.07, 6.45) is 3.52. The van der Waals surface area contributed by atoms with Crippen molar-refractivity contribution in [2.75, 3.05) is 31.5 Å². The summed E-state index contributed by atoms with van der Waals surface area (Å²) in [6.45, 7) is 6.28. The predicted molar refractivity (Wildman–Crippen MR) is 102 cm³/mol. The lowest BCUT2D eigenvalue weighted by molar-refractivity contribution is -0.143. The molecule has 0 aromatic heterocycles. The Hall–Kier alpha value is -2.37. The third-order valence-electron chi connectivity index (χ3n) is 6.33. The fraction of sp³-hybridized carbons (Fsp3) is 0.571. The summed E-state index contributed by atoms with van der Waals surface area (Å²) >= 11 is 0. The summed E-state index contributed by atoms with van der Waals surface area (Å²) in [6, 6.07) is 5.77. The van der Waals surface area contributed by atoms with E-state index in [9.17, 15) is 14.4 Å². The van der Waals surface area contributed by atoms with Crippen molar-refractivity contribution in [2.45, 2.75) is 44.9 Å². The lowest BCUT2D eigenvalue weighted by Gasteiger charge is -2.38. The quantitative estimate of drug-likeness (QED) is 0.885. The minimum absolute atomic E-state index is 0.00627. The van der Waals surface area contributed by atoms with Crippen molar-refractivity contribution in [3.8, 4) is 0 Å². The van der Waals surface area contributed by atoms with Crippen LogP contribution in [-0.4, -0.2) is 53.7 Å². The lowest BCUT2D eigenvalue weighted by atomic mass is 9.84. The van der Waals surface area contributed by atoms with Gasteiger partial charge in [0.15, 0.2) is 0 Å². The molecule has 0 bridgehead atoms. The van der Waals surface area contributed by atoms with E-state index in [0.29, 0.717) is 32.6 Å². The highest BCUT2D eigenvalue weighted by atomic mass is 16.2. The first-order valence-electron chi connectivity index (χ1n) is 9.87. The van der Waals surface area contributed by atoms with Crippen molar-refractivity contribution in [3.63, 3.8) is 0 Å². The second-order valence-electron chi connectivity index (χ2n) is 8.47. The fourth-order valence-electron chi connectivity index (χ4n) is 4.10. The lowest BCUT2D eigenvalue weighted by Crippen LogP contribution is -2.52. The minimum Gasteiger partial charge on any atom is -0.339 e. The molecule has 6 nitrogen and oxygen atoms in total. The van der Waals surface area contributed by atoms with Crippen LogP contribution in [0.25, 0.3) is 0 Å². The summed E-state index contributed by atoms with van der Waals surface area (Å²) in [5.41, 5.74) is 2.15. The van der Waals surface area contributed by atoms with Crippen LogP contribution in [0.3, 0.4) is 0 Å². The number of piperazine rings is 1. The first-order valence-corrected chi connectivity index (χ1v) is 9.87. The monoisotopic (exact) mass is 369 g/mol. The maximum absolute atomic E-state index is 12.7. The Balaban J connectivity index is 1.36. The van der Waals surface area contributed by atoms with Crippen molar-refractivity contribution in [3.05, 3.63) is 29.3 Å². The van der Waals surface area contributed by atoms with E-state index < -0.39 is 5.41 Å². The van der Waals surface area contributed by atoms with E-state index >= 15 is 0 Å². The molecule has 27 heavy (non-hydrogen) atoms. The molecule has 1 saturated carbocycles. The summed E-state index contributed by atoms with van der Waals surface area (Å²) in [5, 5.41) is 2.89. The van der Waals surface area contributed by atoms with Gasteiger partial charge in [-0.3, -0.25) is 14.4 Å². The summed E-state index contributed by atoms with van der Waals surface area (Å²) < 4.78 is 0. The summed E-state index contributed by atoms with van der Waals surface area (Å²) in [7, 11) is 0. The second kappa shape index (κ2) is 6.66. The molecule has 1 aromatic rings. The van der Waals surface area contributed by atoms with Gasteiger partial charge in [-0.15, -0.1) is 0 Å². The molecule has 0 unspecified atom stereocenters. The number of amides is 3. The van der Waals surface area contributed by atoms with Crippen molar-refractivity contribution >= 4 is 23.4 Å². The van der Waals surface area contributed by atoms with Crippen molar-refractivity contribution in [1.82, 2.24) is 9.80 Å². The molecule has 6 heteroatoms. The van der Waals surface area contributed by atoms with E-state index in [2.05, 4.69) is 5.32 Å². The van der Waals surface area contributed by atoms with E-state index in [-0.39, 0.29) is 23.6 Å². The molecule has 2 aliphatic heterocycles. The molecule has 1 N–H and O–H groups in total. The smallest absolute Gasteiger partial charge is 0.234 e. The zero-order valence-corrected chi connectivity index (χ0v) is 16.1. The Kier molecular flexibility index (Phi) is 4.44. The third-order valence-corrected chi connectivity index (χ3v) is 6.33. The van der Waals surface area contributed by atoms with Gasteiger partial charge in [-0.1, -0.05) is 18.6 Å². The maximum atomic E-state index is 12.7. The van der Waals surface area contributed by atoms with E-state index in [1.54, 1.807) is 0 Å². The molecule has 1 aliphatic carbocycles. The Morgan fingerprint density at radius 1 is 1.11 bits per heavy atom. The van der Waals surface area contributed by atoms with Gasteiger partial charge in [-0.05, 0) is 43.9 Å². The molecule has 1 aromatic carbocycles. The Labute approximate surface area is 159 Å². The fourth-order valence-corrected chi connectivity index (χ4v) is 4.10.